The van der Waals surface area contributed by atoms with E-state index >= 15 is 0 Å². The Kier molecular flexibility index (Phi) is 6.78. The minimum Gasteiger partial charge on any atom is -0.292 e. The van der Waals surface area contributed by atoms with Gasteiger partial charge in [0.1, 0.15) is 0 Å². The molecule has 0 heterocycles. The first kappa shape index (κ1) is 15.9. The van der Waals surface area contributed by atoms with E-state index in [1.54, 1.807) is 13.8 Å². The van der Waals surface area contributed by atoms with Gasteiger partial charge in [0.25, 0.3) is 0 Å². The molecule has 0 aliphatic heterocycles. The maximum atomic E-state index is 12.1. The fourth-order valence-corrected chi connectivity index (χ4v) is 2.45. The van der Waals surface area contributed by atoms with Gasteiger partial charge in [-0.25, -0.2) is 4.57 Å². The number of oxime groups is 1. The summed E-state index contributed by atoms with van der Waals surface area (Å²) >= 11 is 0. The molecule has 0 fully saturated rings. The quantitative estimate of drug-likeness (QED) is 0.411. The third-order valence-corrected chi connectivity index (χ3v) is 3.70. The third kappa shape index (κ3) is 5.15. The van der Waals surface area contributed by atoms with Crippen molar-refractivity contribution in [1.82, 2.24) is 0 Å². The van der Waals surface area contributed by atoms with Gasteiger partial charge in [0.15, 0.2) is 0 Å². The van der Waals surface area contributed by atoms with E-state index < -0.39 is 7.82 Å². The zero-order chi connectivity index (χ0) is 14.1. The summed E-state index contributed by atoms with van der Waals surface area (Å²) in [6.45, 7) is 5.86. The minimum absolute atomic E-state index is 0.236. The van der Waals surface area contributed by atoms with Crippen LogP contribution in [0.2, 0.25) is 0 Å². The van der Waals surface area contributed by atoms with Crippen LogP contribution in [0.1, 0.15) is 32.8 Å². The van der Waals surface area contributed by atoms with E-state index in [9.17, 15) is 4.57 Å². The van der Waals surface area contributed by atoms with Crippen molar-refractivity contribution in [2.24, 2.45) is 5.16 Å². The Balaban J connectivity index is 2.84. The van der Waals surface area contributed by atoms with Crippen LogP contribution in [-0.2, 0) is 18.2 Å². The van der Waals surface area contributed by atoms with Gasteiger partial charge in [-0.2, -0.15) is 0 Å². The van der Waals surface area contributed by atoms with Crippen LogP contribution in [0.3, 0.4) is 0 Å². The van der Waals surface area contributed by atoms with Gasteiger partial charge in [0, 0.05) is 0 Å². The number of benzene rings is 1. The predicted molar refractivity (Wildman–Crippen MR) is 75.2 cm³/mol. The Morgan fingerprint density at radius 3 is 2.16 bits per heavy atom. The molecule has 0 unspecified atom stereocenters. The lowest BCUT2D eigenvalue weighted by Crippen LogP contribution is -2.02. The lowest BCUT2D eigenvalue weighted by atomic mass is 10.1. The summed E-state index contributed by atoms with van der Waals surface area (Å²) in [7, 11) is -3.59. The SMILES string of the molecule is CCOP(=O)(OCC)O/N=C(\CC)c1ccccc1. The Morgan fingerprint density at radius 2 is 1.68 bits per heavy atom. The predicted octanol–water partition coefficient (Wildman–Crippen LogP) is 4.00. The summed E-state index contributed by atoms with van der Waals surface area (Å²) in [4.78, 5) is 0. The number of nitrogens with zero attached hydrogens (tertiary/aromatic N) is 1. The number of hydrogen-bond donors (Lipinski definition) is 0. The molecule has 0 aliphatic carbocycles. The van der Waals surface area contributed by atoms with E-state index in [1.165, 1.54) is 0 Å². The lowest BCUT2D eigenvalue weighted by molar-refractivity contribution is 0.125. The molecule has 0 atom stereocenters. The van der Waals surface area contributed by atoms with Gasteiger partial charge < -0.3 is 0 Å². The van der Waals surface area contributed by atoms with Crippen LogP contribution in [0.4, 0.5) is 0 Å². The zero-order valence-corrected chi connectivity index (χ0v) is 12.4. The van der Waals surface area contributed by atoms with Crippen molar-refractivity contribution in [1.29, 1.82) is 0 Å². The highest BCUT2D eigenvalue weighted by atomic mass is 31.2. The molecule has 1 rings (SSSR count). The van der Waals surface area contributed by atoms with Gasteiger partial charge in [-0.3, -0.25) is 13.7 Å². The van der Waals surface area contributed by atoms with Crippen LogP contribution in [0.5, 0.6) is 0 Å². The van der Waals surface area contributed by atoms with Gasteiger partial charge in [-0.05, 0) is 25.8 Å². The van der Waals surface area contributed by atoms with Crippen molar-refractivity contribution in [3.05, 3.63) is 35.9 Å². The second-order valence-corrected chi connectivity index (χ2v) is 5.20. The van der Waals surface area contributed by atoms with Crippen LogP contribution in [0.15, 0.2) is 35.5 Å². The average Bonchev–Trinajstić information content (AvgIpc) is 2.41. The van der Waals surface area contributed by atoms with E-state index in [1.807, 2.05) is 37.3 Å². The minimum atomic E-state index is -3.59. The molecule has 19 heavy (non-hydrogen) atoms. The molecule has 0 saturated carbocycles. The van der Waals surface area contributed by atoms with Crippen molar-refractivity contribution < 1.29 is 18.2 Å². The van der Waals surface area contributed by atoms with E-state index in [2.05, 4.69) is 5.16 Å². The number of hydrogen-bond acceptors (Lipinski definition) is 5. The fraction of sp³-hybridized carbons (Fsp3) is 0.462. The summed E-state index contributed by atoms with van der Waals surface area (Å²) in [5, 5.41) is 3.93. The lowest BCUT2D eigenvalue weighted by Gasteiger charge is -2.13. The Labute approximate surface area is 114 Å². The van der Waals surface area contributed by atoms with Crippen molar-refractivity contribution in [2.45, 2.75) is 27.2 Å². The highest BCUT2D eigenvalue weighted by Crippen LogP contribution is 2.49. The normalized spacial score (nSPS) is 12.5. The molecule has 1 aromatic rings. The molecule has 106 valence electrons. The van der Waals surface area contributed by atoms with Crippen LogP contribution < -0.4 is 0 Å². The Hall–Kier alpha value is -1.16. The summed E-state index contributed by atoms with van der Waals surface area (Å²) in [6, 6.07) is 9.56. The molecule has 0 N–H and O–H groups in total. The van der Waals surface area contributed by atoms with Crippen molar-refractivity contribution >= 4 is 13.5 Å². The van der Waals surface area contributed by atoms with Crippen molar-refractivity contribution in [3.63, 3.8) is 0 Å². The smallest absolute Gasteiger partial charge is 0.292 e. The van der Waals surface area contributed by atoms with Gasteiger partial charge >= 0.3 is 7.82 Å². The van der Waals surface area contributed by atoms with E-state index in [0.29, 0.717) is 12.1 Å². The van der Waals surface area contributed by atoms with Crippen molar-refractivity contribution in [2.75, 3.05) is 13.2 Å². The molecule has 0 amide bonds. The molecule has 0 spiro atoms. The summed E-state index contributed by atoms with van der Waals surface area (Å²) in [5.74, 6) is 0. The topological polar surface area (TPSA) is 57.1 Å². The zero-order valence-electron chi connectivity index (χ0n) is 11.5. The Morgan fingerprint density at radius 1 is 1.11 bits per heavy atom. The monoisotopic (exact) mass is 285 g/mol. The third-order valence-electron chi connectivity index (χ3n) is 2.27. The van der Waals surface area contributed by atoms with Gasteiger partial charge in [-0.1, -0.05) is 42.4 Å². The molecule has 0 aromatic heterocycles. The molecule has 1 aromatic carbocycles. The largest absolute Gasteiger partial charge is 0.550 e. The molecule has 0 bridgehead atoms. The van der Waals surface area contributed by atoms with E-state index in [-0.39, 0.29) is 13.2 Å². The second-order valence-electron chi connectivity index (χ2n) is 3.62. The molecule has 6 heteroatoms. The van der Waals surface area contributed by atoms with Gasteiger partial charge in [0.2, 0.25) is 0 Å². The molecule has 5 nitrogen and oxygen atoms in total. The highest BCUT2D eigenvalue weighted by molar-refractivity contribution is 7.48. The molecular weight excluding hydrogens is 265 g/mol. The highest BCUT2D eigenvalue weighted by Gasteiger charge is 2.27. The van der Waals surface area contributed by atoms with Gasteiger partial charge in [-0.15, -0.1) is 0 Å². The van der Waals surface area contributed by atoms with E-state index in [4.69, 9.17) is 13.7 Å². The van der Waals surface area contributed by atoms with E-state index in [0.717, 1.165) is 5.56 Å². The van der Waals surface area contributed by atoms with Crippen LogP contribution >= 0.6 is 7.82 Å². The first-order valence-corrected chi connectivity index (χ1v) is 7.81. The average molecular weight is 285 g/mol. The van der Waals surface area contributed by atoms with Crippen molar-refractivity contribution in [3.8, 4) is 0 Å². The fourth-order valence-electron chi connectivity index (χ4n) is 1.45. The summed E-state index contributed by atoms with van der Waals surface area (Å²) in [6.07, 6.45) is 0.655. The maximum absolute atomic E-state index is 12.1. The number of phosphoric ester groups is 1. The first-order chi connectivity index (χ1) is 9.15. The summed E-state index contributed by atoms with van der Waals surface area (Å²) in [5.41, 5.74) is 1.62. The van der Waals surface area contributed by atoms with Crippen LogP contribution in [0.25, 0.3) is 0 Å². The van der Waals surface area contributed by atoms with Crippen LogP contribution in [0, 0.1) is 0 Å². The Bertz CT molecular complexity index is 437. The molecule has 0 radical (unpaired) electrons. The van der Waals surface area contributed by atoms with Crippen LogP contribution in [-0.4, -0.2) is 18.9 Å². The van der Waals surface area contributed by atoms with Gasteiger partial charge in [0.05, 0.1) is 18.9 Å². The number of phosphoric acid groups is 1. The first-order valence-electron chi connectivity index (χ1n) is 6.35. The molecule has 0 saturated heterocycles. The standard InChI is InChI=1S/C13H20NO4P/c1-4-13(12-10-8-7-9-11-12)14-18-19(15,16-5-2)17-6-3/h7-11H,4-6H2,1-3H3/b14-13+. The second kappa shape index (κ2) is 8.10. The number of rotatable bonds is 8. The molecule has 0 aliphatic rings. The maximum Gasteiger partial charge on any atom is 0.550 e. The summed E-state index contributed by atoms with van der Waals surface area (Å²) < 4.78 is 27.1. The molecular formula is C13H20NO4P.